The molecule has 1 aromatic heterocycles. The Balaban J connectivity index is 2.18. The summed E-state index contributed by atoms with van der Waals surface area (Å²) in [5.41, 5.74) is 1.36. The lowest BCUT2D eigenvalue weighted by Crippen LogP contribution is -2.40. The lowest BCUT2D eigenvalue weighted by molar-refractivity contribution is 0.0851. The Morgan fingerprint density at radius 2 is 2.00 bits per heavy atom. The molecule has 0 unspecified atom stereocenters. The number of aliphatic hydroxyl groups is 1. The largest absolute Gasteiger partial charge is 0.464 e. The van der Waals surface area contributed by atoms with Crippen LogP contribution >= 0.6 is 0 Å². The summed E-state index contributed by atoms with van der Waals surface area (Å²) in [5.74, 6) is 0.0419. The molecular weight excluding hydrogens is 266 g/mol. The molecule has 0 saturated carbocycles. The van der Waals surface area contributed by atoms with Crippen LogP contribution in [-0.2, 0) is 0 Å². The summed E-state index contributed by atoms with van der Waals surface area (Å²) >= 11 is 0. The summed E-state index contributed by atoms with van der Waals surface area (Å²) in [6, 6.07) is 7.88. The van der Waals surface area contributed by atoms with Gasteiger partial charge in [-0.3, -0.25) is 9.69 Å². The maximum atomic E-state index is 12.6. The summed E-state index contributed by atoms with van der Waals surface area (Å²) in [7, 11) is 0. The van der Waals surface area contributed by atoms with Crippen LogP contribution in [0.3, 0.4) is 0 Å². The third kappa shape index (κ3) is 3.52. The van der Waals surface area contributed by atoms with Crippen LogP contribution in [0.5, 0.6) is 0 Å². The summed E-state index contributed by atoms with van der Waals surface area (Å²) < 4.78 is 5.44. The summed E-state index contributed by atoms with van der Waals surface area (Å²) in [6.07, 6.45) is 3.48. The van der Waals surface area contributed by atoms with Gasteiger partial charge in [0.15, 0.2) is 5.78 Å². The molecule has 0 atom stereocenters. The Kier molecular flexibility index (Phi) is 5.53. The molecule has 0 aliphatic rings. The number of hydrogen-bond donors (Lipinski definition) is 1. The molecule has 4 heteroatoms. The Morgan fingerprint density at radius 1 is 1.29 bits per heavy atom. The van der Waals surface area contributed by atoms with Gasteiger partial charge in [0, 0.05) is 18.0 Å². The number of nitrogens with zero attached hydrogens (tertiary/aromatic N) is 1. The van der Waals surface area contributed by atoms with E-state index in [-0.39, 0.29) is 12.4 Å². The van der Waals surface area contributed by atoms with Crippen LogP contribution in [0.4, 0.5) is 0 Å². The first-order valence-electron chi connectivity index (χ1n) is 7.55. The fourth-order valence-electron chi connectivity index (χ4n) is 2.79. The molecular formula is C17H23NO3. The Labute approximate surface area is 125 Å². The van der Waals surface area contributed by atoms with Gasteiger partial charge in [0.2, 0.25) is 0 Å². The van der Waals surface area contributed by atoms with Gasteiger partial charge < -0.3 is 9.52 Å². The van der Waals surface area contributed by atoms with E-state index < -0.39 is 0 Å². The minimum absolute atomic E-state index is 0.0419. The first-order valence-corrected chi connectivity index (χ1v) is 7.55. The molecule has 4 nitrogen and oxygen atoms in total. The van der Waals surface area contributed by atoms with E-state index in [0.29, 0.717) is 24.7 Å². The molecule has 114 valence electrons. The van der Waals surface area contributed by atoms with Crippen molar-refractivity contribution < 1.29 is 14.3 Å². The van der Waals surface area contributed by atoms with E-state index in [1.54, 1.807) is 0 Å². The molecule has 21 heavy (non-hydrogen) atoms. The average Bonchev–Trinajstić information content (AvgIpc) is 2.92. The van der Waals surface area contributed by atoms with Crippen LogP contribution in [0, 0.1) is 0 Å². The van der Waals surface area contributed by atoms with Crippen LogP contribution in [0.1, 0.15) is 37.0 Å². The molecule has 0 bridgehead atoms. The zero-order chi connectivity index (χ0) is 15.2. The third-order valence-corrected chi connectivity index (χ3v) is 3.97. The van der Waals surface area contributed by atoms with Gasteiger partial charge in [-0.15, -0.1) is 0 Å². The number of benzene rings is 1. The highest BCUT2D eigenvalue weighted by Crippen LogP contribution is 2.22. The molecule has 0 saturated heterocycles. The first kappa shape index (κ1) is 15.7. The SMILES string of the molecule is CCC(CC)N(CCO)CC(=O)c1coc2ccccc12. The highest BCUT2D eigenvalue weighted by Gasteiger charge is 2.21. The molecule has 1 heterocycles. The number of para-hydroxylation sites is 1. The molecule has 2 rings (SSSR count). The van der Waals surface area contributed by atoms with E-state index in [0.717, 1.165) is 23.8 Å². The van der Waals surface area contributed by atoms with Gasteiger partial charge in [-0.05, 0) is 18.9 Å². The van der Waals surface area contributed by atoms with Crippen LogP contribution < -0.4 is 0 Å². The molecule has 0 spiro atoms. The molecule has 0 fully saturated rings. The Bertz CT molecular complexity index is 586. The van der Waals surface area contributed by atoms with Crippen LogP contribution in [0.2, 0.25) is 0 Å². The number of fused-ring (bicyclic) bond motifs is 1. The number of hydrogen-bond acceptors (Lipinski definition) is 4. The first-order chi connectivity index (χ1) is 10.2. The van der Waals surface area contributed by atoms with Crippen LogP contribution in [0.15, 0.2) is 34.9 Å². The number of aliphatic hydroxyl groups excluding tert-OH is 1. The predicted octanol–water partition coefficient (Wildman–Crippen LogP) is 3.10. The van der Waals surface area contributed by atoms with Crippen molar-refractivity contribution in [2.75, 3.05) is 19.7 Å². The third-order valence-electron chi connectivity index (χ3n) is 3.97. The Morgan fingerprint density at radius 3 is 2.67 bits per heavy atom. The zero-order valence-electron chi connectivity index (χ0n) is 12.7. The fraction of sp³-hybridized carbons (Fsp3) is 0.471. The summed E-state index contributed by atoms with van der Waals surface area (Å²) in [6.45, 7) is 5.12. The lowest BCUT2D eigenvalue weighted by atomic mass is 10.1. The monoisotopic (exact) mass is 289 g/mol. The van der Waals surface area contributed by atoms with Gasteiger partial charge in [-0.25, -0.2) is 0 Å². The number of furan rings is 1. The van der Waals surface area contributed by atoms with E-state index >= 15 is 0 Å². The second kappa shape index (κ2) is 7.38. The predicted molar refractivity (Wildman–Crippen MR) is 83.6 cm³/mol. The molecule has 2 aromatic rings. The van der Waals surface area contributed by atoms with Crippen molar-refractivity contribution in [2.45, 2.75) is 32.7 Å². The second-order valence-corrected chi connectivity index (χ2v) is 5.23. The van der Waals surface area contributed by atoms with Crippen molar-refractivity contribution in [3.8, 4) is 0 Å². The lowest BCUT2D eigenvalue weighted by Gasteiger charge is -2.28. The molecule has 0 radical (unpaired) electrons. The number of carbonyl (C=O) groups excluding carboxylic acids is 1. The molecule has 1 aromatic carbocycles. The minimum atomic E-state index is 0.0419. The van der Waals surface area contributed by atoms with Gasteiger partial charge in [-0.1, -0.05) is 32.0 Å². The second-order valence-electron chi connectivity index (χ2n) is 5.23. The van der Waals surface area contributed by atoms with Crippen molar-refractivity contribution in [3.05, 3.63) is 36.1 Å². The maximum absolute atomic E-state index is 12.6. The standard InChI is InChI=1S/C17H23NO3/c1-3-13(4-2)18(9-10-19)11-16(20)15-12-21-17-8-6-5-7-14(15)17/h5-8,12-13,19H,3-4,9-11H2,1-2H3. The quantitative estimate of drug-likeness (QED) is 0.759. The van der Waals surface area contributed by atoms with Crippen molar-refractivity contribution >= 4 is 16.8 Å². The number of ketones is 1. The normalized spacial score (nSPS) is 11.7. The van der Waals surface area contributed by atoms with Gasteiger partial charge in [0.1, 0.15) is 11.8 Å². The van der Waals surface area contributed by atoms with Crippen molar-refractivity contribution in [1.82, 2.24) is 4.90 Å². The van der Waals surface area contributed by atoms with Crippen molar-refractivity contribution in [3.63, 3.8) is 0 Å². The fourth-order valence-corrected chi connectivity index (χ4v) is 2.79. The Hall–Kier alpha value is -1.65. The molecule has 1 N–H and O–H groups in total. The smallest absolute Gasteiger partial charge is 0.180 e. The van der Waals surface area contributed by atoms with E-state index in [1.807, 2.05) is 24.3 Å². The number of carbonyl (C=O) groups is 1. The minimum Gasteiger partial charge on any atom is -0.464 e. The highest BCUT2D eigenvalue weighted by molar-refractivity contribution is 6.08. The average molecular weight is 289 g/mol. The van der Waals surface area contributed by atoms with E-state index in [2.05, 4.69) is 18.7 Å². The summed E-state index contributed by atoms with van der Waals surface area (Å²) in [5, 5.41) is 10.1. The number of rotatable bonds is 8. The van der Waals surface area contributed by atoms with Crippen molar-refractivity contribution in [1.29, 1.82) is 0 Å². The number of Topliss-reactive ketones (excluding diaryl/α,β-unsaturated/α-hetero) is 1. The van der Waals surface area contributed by atoms with Gasteiger partial charge in [0.25, 0.3) is 0 Å². The van der Waals surface area contributed by atoms with E-state index in [1.165, 1.54) is 6.26 Å². The zero-order valence-corrected chi connectivity index (χ0v) is 12.7. The molecule has 0 aliphatic heterocycles. The van der Waals surface area contributed by atoms with Gasteiger partial charge >= 0.3 is 0 Å². The highest BCUT2D eigenvalue weighted by atomic mass is 16.3. The van der Waals surface area contributed by atoms with Crippen molar-refractivity contribution in [2.24, 2.45) is 0 Å². The maximum Gasteiger partial charge on any atom is 0.180 e. The van der Waals surface area contributed by atoms with Crippen LogP contribution in [-0.4, -0.2) is 41.5 Å². The molecule has 0 aliphatic carbocycles. The van der Waals surface area contributed by atoms with Crippen LogP contribution in [0.25, 0.3) is 11.0 Å². The summed E-state index contributed by atoms with van der Waals surface area (Å²) in [4.78, 5) is 14.6. The van der Waals surface area contributed by atoms with Gasteiger partial charge in [0.05, 0.1) is 18.7 Å². The topological polar surface area (TPSA) is 53.7 Å². The van der Waals surface area contributed by atoms with E-state index in [4.69, 9.17) is 4.42 Å². The van der Waals surface area contributed by atoms with Gasteiger partial charge in [-0.2, -0.15) is 0 Å². The van der Waals surface area contributed by atoms with E-state index in [9.17, 15) is 9.90 Å². The molecule has 0 amide bonds.